The minimum Gasteiger partial charge on any atom is -0.379 e. The summed E-state index contributed by atoms with van der Waals surface area (Å²) in [6.45, 7) is 5.99. The van der Waals surface area contributed by atoms with Gasteiger partial charge in [0, 0.05) is 39.3 Å². The monoisotopic (exact) mass is 302 g/mol. The maximum Gasteiger partial charge on any atom is 0.163 e. The van der Waals surface area contributed by atoms with Crippen LogP contribution in [-0.4, -0.2) is 70.1 Å². The van der Waals surface area contributed by atoms with E-state index in [0.717, 1.165) is 56.2 Å². The Morgan fingerprint density at radius 3 is 2.64 bits per heavy atom. The van der Waals surface area contributed by atoms with Gasteiger partial charge in [0.15, 0.2) is 5.65 Å². The lowest BCUT2D eigenvalue weighted by atomic mass is 10.0. The van der Waals surface area contributed by atoms with Crippen LogP contribution >= 0.6 is 0 Å². The zero-order valence-corrected chi connectivity index (χ0v) is 13.0. The van der Waals surface area contributed by atoms with Crippen LogP contribution in [0.4, 0.5) is 5.82 Å². The Morgan fingerprint density at radius 1 is 1.09 bits per heavy atom. The molecule has 7 heteroatoms. The van der Waals surface area contributed by atoms with Crippen LogP contribution in [0, 0.1) is 0 Å². The van der Waals surface area contributed by atoms with Crippen LogP contribution in [0.25, 0.3) is 11.0 Å². The fourth-order valence-corrected chi connectivity index (χ4v) is 3.59. The van der Waals surface area contributed by atoms with Gasteiger partial charge in [0.2, 0.25) is 0 Å². The molecule has 0 aliphatic carbocycles. The summed E-state index contributed by atoms with van der Waals surface area (Å²) in [5.74, 6) is 1.03. The van der Waals surface area contributed by atoms with Crippen molar-refractivity contribution in [2.45, 2.75) is 18.9 Å². The first-order valence-corrected chi connectivity index (χ1v) is 8.02. The highest BCUT2D eigenvalue weighted by atomic mass is 16.5. The van der Waals surface area contributed by atoms with Gasteiger partial charge in [-0.15, -0.1) is 0 Å². The van der Waals surface area contributed by atoms with Crippen LogP contribution < -0.4 is 4.90 Å². The van der Waals surface area contributed by atoms with Crippen LogP contribution in [-0.2, 0) is 11.8 Å². The summed E-state index contributed by atoms with van der Waals surface area (Å²) in [6.07, 6.45) is 5.89. The molecular formula is C15H22N6O. The van der Waals surface area contributed by atoms with Crippen molar-refractivity contribution in [3.63, 3.8) is 0 Å². The lowest BCUT2D eigenvalue weighted by Gasteiger charge is -2.40. The number of nitrogens with zero attached hydrogens (tertiary/aromatic N) is 6. The van der Waals surface area contributed by atoms with Crippen LogP contribution in [0.5, 0.6) is 0 Å². The van der Waals surface area contributed by atoms with Gasteiger partial charge in [-0.1, -0.05) is 0 Å². The summed E-state index contributed by atoms with van der Waals surface area (Å²) < 4.78 is 7.26. The number of morpholine rings is 1. The second-order valence-electron chi connectivity index (χ2n) is 6.07. The third-order valence-corrected chi connectivity index (χ3v) is 4.83. The first-order valence-electron chi connectivity index (χ1n) is 8.02. The van der Waals surface area contributed by atoms with Gasteiger partial charge in [0.25, 0.3) is 0 Å². The molecular weight excluding hydrogens is 280 g/mol. The second kappa shape index (κ2) is 5.81. The molecule has 0 aromatic carbocycles. The predicted molar refractivity (Wildman–Crippen MR) is 83.9 cm³/mol. The Balaban J connectivity index is 1.48. The van der Waals surface area contributed by atoms with Crippen LogP contribution in [0.3, 0.4) is 0 Å². The normalized spacial score (nSPS) is 21.6. The molecule has 2 fully saturated rings. The SMILES string of the molecule is Cn1ncc2c(N3CCC(N4CCOCC4)CC3)ncnc21. The van der Waals surface area contributed by atoms with E-state index >= 15 is 0 Å². The summed E-state index contributed by atoms with van der Waals surface area (Å²) in [7, 11) is 1.92. The number of piperidine rings is 1. The van der Waals surface area contributed by atoms with Crippen molar-refractivity contribution in [2.75, 3.05) is 44.3 Å². The Hall–Kier alpha value is -1.73. The predicted octanol–water partition coefficient (Wildman–Crippen LogP) is 0.664. The molecule has 2 saturated heterocycles. The summed E-state index contributed by atoms with van der Waals surface area (Å²) >= 11 is 0. The Labute approximate surface area is 129 Å². The van der Waals surface area contributed by atoms with E-state index in [2.05, 4.69) is 24.9 Å². The Bertz CT molecular complexity index is 643. The number of rotatable bonds is 2. The van der Waals surface area contributed by atoms with E-state index in [-0.39, 0.29) is 0 Å². The number of aryl methyl sites for hydroxylation is 1. The van der Waals surface area contributed by atoms with Crippen molar-refractivity contribution < 1.29 is 4.74 Å². The van der Waals surface area contributed by atoms with E-state index < -0.39 is 0 Å². The molecule has 0 spiro atoms. The number of hydrogen-bond donors (Lipinski definition) is 0. The molecule has 0 atom stereocenters. The lowest BCUT2D eigenvalue weighted by molar-refractivity contribution is 0.0115. The molecule has 0 N–H and O–H groups in total. The number of ether oxygens (including phenoxy) is 1. The number of anilines is 1. The highest BCUT2D eigenvalue weighted by Crippen LogP contribution is 2.26. The third kappa shape index (κ3) is 2.44. The van der Waals surface area contributed by atoms with E-state index in [9.17, 15) is 0 Å². The Morgan fingerprint density at radius 2 is 1.86 bits per heavy atom. The van der Waals surface area contributed by atoms with Crippen molar-refractivity contribution >= 4 is 16.9 Å². The number of aromatic nitrogens is 4. The van der Waals surface area contributed by atoms with E-state index in [1.807, 2.05) is 13.2 Å². The van der Waals surface area contributed by atoms with Crippen LogP contribution in [0.1, 0.15) is 12.8 Å². The third-order valence-electron chi connectivity index (χ3n) is 4.83. The molecule has 0 amide bonds. The summed E-state index contributed by atoms with van der Waals surface area (Å²) in [4.78, 5) is 13.8. The van der Waals surface area contributed by atoms with Crippen molar-refractivity contribution in [3.05, 3.63) is 12.5 Å². The van der Waals surface area contributed by atoms with Gasteiger partial charge in [-0.3, -0.25) is 9.58 Å². The van der Waals surface area contributed by atoms with Gasteiger partial charge in [-0.05, 0) is 12.8 Å². The largest absolute Gasteiger partial charge is 0.379 e. The summed E-state index contributed by atoms with van der Waals surface area (Å²) in [5, 5.41) is 5.36. The van der Waals surface area contributed by atoms with Gasteiger partial charge < -0.3 is 9.64 Å². The Kier molecular flexibility index (Phi) is 3.67. The van der Waals surface area contributed by atoms with Crippen LogP contribution in [0.15, 0.2) is 12.5 Å². The lowest BCUT2D eigenvalue weighted by Crippen LogP contribution is -2.49. The van der Waals surface area contributed by atoms with Gasteiger partial charge in [-0.2, -0.15) is 5.10 Å². The van der Waals surface area contributed by atoms with Crippen molar-refractivity contribution in [3.8, 4) is 0 Å². The topological polar surface area (TPSA) is 59.3 Å². The van der Waals surface area contributed by atoms with E-state index in [1.54, 1.807) is 11.0 Å². The highest BCUT2D eigenvalue weighted by molar-refractivity contribution is 5.86. The number of fused-ring (bicyclic) bond motifs is 1. The van der Waals surface area contributed by atoms with Crippen molar-refractivity contribution in [1.82, 2.24) is 24.6 Å². The molecule has 0 saturated carbocycles. The molecule has 4 heterocycles. The first kappa shape index (κ1) is 13.9. The van der Waals surface area contributed by atoms with Crippen molar-refractivity contribution in [1.29, 1.82) is 0 Å². The molecule has 2 aromatic rings. The minimum absolute atomic E-state index is 0.686. The van der Waals surface area contributed by atoms with Gasteiger partial charge >= 0.3 is 0 Å². The summed E-state index contributed by atoms with van der Waals surface area (Å²) in [6, 6.07) is 0.686. The zero-order valence-electron chi connectivity index (χ0n) is 13.0. The molecule has 2 aliphatic rings. The molecule has 2 aromatic heterocycles. The van der Waals surface area contributed by atoms with E-state index in [0.29, 0.717) is 6.04 Å². The smallest absolute Gasteiger partial charge is 0.163 e. The van der Waals surface area contributed by atoms with Crippen molar-refractivity contribution in [2.24, 2.45) is 7.05 Å². The molecule has 22 heavy (non-hydrogen) atoms. The highest BCUT2D eigenvalue weighted by Gasteiger charge is 2.27. The average molecular weight is 302 g/mol. The molecule has 0 bridgehead atoms. The molecule has 2 aliphatic heterocycles. The zero-order chi connectivity index (χ0) is 14.9. The standard InChI is InChI=1S/C15H22N6O/c1-19-14-13(10-18-19)15(17-11-16-14)21-4-2-12(3-5-21)20-6-8-22-9-7-20/h10-12H,2-9H2,1H3. The minimum atomic E-state index is 0.686. The molecule has 4 rings (SSSR count). The van der Waals surface area contributed by atoms with Gasteiger partial charge in [0.05, 0.1) is 24.8 Å². The first-order chi connectivity index (χ1) is 10.8. The maximum atomic E-state index is 5.45. The maximum absolute atomic E-state index is 5.45. The van der Waals surface area contributed by atoms with Crippen LogP contribution in [0.2, 0.25) is 0 Å². The molecule has 118 valence electrons. The average Bonchev–Trinajstić information content (AvgIpc) is 2.97. The fourth-order valence-electron chi connectivity index (χ4n) is 3.59. The van der Waals surface area contributed by atoms with Gasteiger partial charge in [-0.25, -0.2) is 9.97 Å². The van der Waals surface area contributed by atoms with E-state index in [1.165, 1.54) is 12.8 Å². The van der Waals surface area contributed by atoms with E-state index in [4.69, 9.17) is 4.74 Å². The number of hydrogen-bond acceptors (Lipinski definition) is 6. The second-order valence-corrected chi connectivity index (χ2v) is 6.07. The van der Waals surface area contributed by atoms with Gasteiger partial charge in [0.1, 0.15) is 12.1 Å². The molecule has 0 unspecified atom stereocenters. The summed E-state index contributed by atoms with van der Waals surface area (Å²) in [5.41, 5.74) is 0.903. The quantitative estimate of drug-likeness (QED) is 0.812. The fraction of sp³-hybridized carbons (Fsp3) is 0.667. The molecule has 0 radical (unpaired) electrons. The molecule has 7 nitrogen and oxygen atoms in total.